The van der Waals surface area contributed by atoms with Crippen molar-refractivity contribution in [1.82, 2.24) is 0 Å². The fourth-order valence-electron chi connectivity index (χ4n) is 4.60. The third-order valence-electron chi connectivity index (χ3n) is 5.22. The number of allylic oxidation sites excluding steroid dienone is 1. The molecule has 0 aliphatic heterocycles. The van der Waals surface area contributed by atoms with Gasteiger partial charge in [0, 0.05) is 11.5 Å². The number of hydrogen-bond acceptors (Lipinski definition) is 2. The predicted molar refractivity (Wildman–Crippen MR) is 68.2 cm³/mol. The van der Waals surface area contributed by atoms with Crippen molar-refractivity contribution in [3.63, 3.8) is 0 Å². The molecule has 1 fully saturated rings. The number of rotatable bonds is 1. The van der Waals surface area contributed by atoms with Gasteiger partial charge in [-0.3, -0.25) is 0 Å². The van der Waals surface area contributed by atoms with Crippen molar-refractivity contribution in [2.75, 3.05) is 7.11 Å². The maximum Gasteiger partial charge on any atom is 0.334 e. The quantitative estimate of drug-likeness (QED) is 0.705. The van der Waals surface area contributed by atoms with Gasteiger partial charge >= 0.3 is 5.97 Å². The average molecular weight is 240 g/mol. The largest absolute Gasteiger partial charge is 0.466 e. The second-order valence-corrected chi connectivity index (χ2v) is 5.72. The Morgan fingerprint density at radius 2 is 1.78 bits per heavy atom. The van der Waals surface area contributed by atoms with Crippen molar-refractivity contribution < 1.29 is 9.53 Å². The number of benzene rings is 1. The van der Waals surface area contributed by atoms with E-state index in [1.807, 2.05) is 0 Å². The van der Waals surface area contributed by atoms with Gasteiger partial charge in [0.1, 0.15) is 0 Å². The molecule has 0 spiro atoms. The minimum absolute atomic E-state index is 0.112. The summed E-state index contributed by atoms with van der Waals surface area (Å²) in [6.45, 7) is 2.11. The molecule has 0 radical (unpaired) electrons. The second-order valence-electron chi connectivity index (χ2n) is 5.72. The predicted octanol–water partition coefficient (Wildman–Crippen LogP) is 3.01. The van der Waals surface area contributed by atoms with Crippen molar-refractivity contribution >= 4 is 5.97 Å². The molecule has 1 saturated carbocycles. The fourth-order valence-corrected chi connectivity index (χ4v) is 4.60. The Morgan fingerprint density at radius 3 is 2.39 bits per heavy atom. The molecule has 0 saturated heterocycles. The van der Waals surface area contributed by atoms with Crippen LogP contribution in [-0.4, -0.2) is 13.1 Å². The van der Waals surface area contributed by atoms with Crippen LogP contribution in [0.15, 0.2) is 35.4 Å². The highest BCUT2D eigenvalue weighted by atomic mass is 16.5. The van der Waals surface area contributed by atoms with E-state index in [1.54, 1.807) is 0 Å². The van der Waals surface area contributed by atoms with E-state index in [0.717, 1.165) is 5.57 Å². The lowest BCUT2D eigenvalue weighted by Gasteiger charge is -2.43. The van der Waals surface area contributed by atoms with E-state index in [-0.39, 0.29) is 5.97 Å². The number of methoxy groups -OCH3 is 1. The van der Waals surface area contributed by atoms with Gasteiger partial charge in [-0.2, -0.15) is 0 Å². The number of ether oxygens (including phenoxy) is 1. The third-order valence-corrected chi connectivity index (χ3v) is 5.22. The zero-order chi connectivity index (χ0) is 12.4. The lowest BCUT2D eigenvalue weighted by Crippen LogP contribution is -2.37. The van der Waals surface area contributed by atoms with Gasteiger partial charge in [0.15, 0.2) is 0 Å². The van der Waals surface area contributed by atoms with Crippen LogP contribution in [-0.2, 0) is 9.53 Å². The molecule has 4 atom stereocenters. The SMILES string of the molecule is COC(=O)C1=C(C)C2C3CC(c4ccccc43)C12. The van der Waals surface area contributed by atoms with Crippen molar-refractivity contribution in [3.05, 3.63) is 46.5 Å². The Kier molecular flexibility index (Phi) is 1.87. The molecule has 4 rings (SSSR count). The molecule has 1 aromatic rings. The smallest absolute Gasteiger partial charge is 0.334 e. The summed E-state index contributed by atoms with van der Waals surface area (Å²) in [5.41, 5.74) is 5.23. The molecule has 0 aromatic heterocycles. The van der Waals surface area contributed by atoms with Crippen molar-refractivity contribution in [2.45, 2.75) is 25.2 Å². The van der Waals surface area contributed by atoms with E-state index in [1.165, 1.54) is 30.2 Å². The fraction of sp³-hybridized carbons (Fsp3) is 0.438. The molecule has 2 heteroatoms. The summed E-state index contributed by atoms with van der Waals surface area (Å²) >= 11 is 0. The highest BCUT2D eigenvalue weighted by molar-refractivity contribution is 5.93. The summed E-state index contributed by atoms with van der Waals surface area (Å²) in [7, 11) is 1.48. The van der Waals surface area contributed by atoms with E-state index in [0.29, 0.717) is 23.7 Å². The minimum atomic E-state index is -0.112. The maximum absolute atomic E-state index is 11.9. The number of carbonyl (C=O) groups excluding carboxylic acids is 1. The molecule has 0 N–H and O–H groups in total. The zero-order valence-corrected chi connectivity index (χ0v) is 10.6. The second kappa shape index (κ2) is 3.25. The topological polar surface area (TPSA) is 26.3 Å². The van der Waals surface area contributed by atoms with Gasteiger partial charge in [-0.25, -0.2) is 4.79 Å². The summed E-state index contributed by atoms with van der Waals surface area (Å²) in [5.74, 6) is 2.11. The number of esters is 1. The van der Waals surface area contributed by atoms with Crippen molar-refractivity contribution in [1.29, 1.82) is 0 Å². The molecule has 0 amide bonds. The van der Waals surface area contributed by atoms with Crippen molar-refractivity contribution in [3.8, 4) is 0 Å². The molecule has 0 heterocycles. The first-order valence-corrected chi connectivity index (χ1v) is 6.62. The van der Waals surface area contributed by atoms with E-state index in [9.17, 15) is 4.79 Å². The Bertz CT molecular complexity index is 585. The van der Waals surface area contributed by atoms with Crippen LogP contribution in [0.3, 0.4) is 0 Å². The standard InChI is InChI=1S/C16H16O2/c1-8-13-11-7-12(10-6-4-3-5-9(10)11)15(13)14(8)16(17)18-2/h3-6,11-13,15H,7H2,1-2H3. The van der Waals surface area contributed by atoms with Crippen LogP contribution < -0.4 is 0 Å². The van der Waals surface area contributed by atoms with Crippen LogP contribution in [0.5, 0.6) is 0 Å². The molecule has 3 aliphatic rings. The van der Waals surface area contributed by atoms with Gasteiger partial charge in [0.25, 0.3) is 0 Å². The molecule has 2 bridgehead atoms. The zero-order valence-electron chi connectivity index (χ0n) is 10.6. The number of carbonyl (C=O) groups is 1. The van der Waals surface area contributed by atoms with Crippen LogP contribution in [0.1, 0.15) is 36.3 Å². The first-order valence-electron chi connectivity index (χ1n) is 6.62. The Morgan fingerprint density at radius 1 is 1.17 bits per heavy atom. The first kappa shape index (κ1) is 10.4. The van der Waals surface area contributed by atoms with Crippen LogP contribution in [0, 0.1) is 11.8 Å². The Hall–Kier alpha value is -1.57. The monoisotopic (exact) mass is 240 g/mol. The van der Waals surface area contributed by atoms with E-state index in [2.05, 4.69) is 31.2 Å². The van der Waals surface area contributed by atoms with Crippen molar-refractivity contribution in [2.24, 2.45) is 11.8 Å². The Balaban J connectivity index is 1.80. The van der Waals surface area contributed by atoms with Gasteiger partial charge in [0.2, 0.25) is 0 Å². The van der Waals surface area contributed by atoms with E-state index < -0.39 is 0 Å². The minimum Gasteiger partial charge on any atom is -0.466 e. The summed E-state index contributed by atoms with van der Waals surface area (Å²) < 4.78 is 4.93. The lowest BCUT2D eigenvalue weighted by atomic mass is 9.60. The highest BCUT2D eigenvalue weighted by Gasteiger charge is 2.59. The van der Waals surface area contributed by atoms with E-state index in [4.69, 9.17) is 4.74 Å². The van der Waals surface area contributed by atoms with Gasteiger partial charge in [-0.1, -0.05) is 29.8 Å². The van der Waals surface area contributed by atoms with Crippen LogP contribution in [0.2, 0.25) is 0 Å². The van der Waals surface area contributed by atoms with Gasteiger partial charge < -0.3 is 4.74 Å². The summed E-state index contributed by atoms with van der Waals surface area (Å²) in [4.78, 5) is 11.9. The summed E-state index contributed by atoms with van der Waals surface area (Å²) in [5, 5.41) is 0. The number of fused-ring (bicyclic) bond motifs is 8. The van der Waals surface area contributed by atoms with E-state index >= 15 is 0 Å². The summed E-state index contributed by atoms with van der Waals surface area (Å²) in [6, 6.07) is 8.74. The van der Waals surface area contributed by atoms with Crippen LogP contribution in [0.4, 0.5) is 0 Å². The average Bonchev–Trinajstić information content (AvgIpc) is 2.91. The number of hydrogen-bond donors (Lipinski definition) is 0. The van der Waals surface area contributed by atoms with Gasteiger partial charge in [0.05, 0.1) is 7.11 Å². The molecule has 92 valence electrons. The van der Waals surface area contributed by atoms with Gasteiger partial charge in [-0.05, 0) is 42.2 Å². The maximum atomic E-state index is 11.9. The van der Waals surface area contributed by atoms with Crippen LogP contribution in [0.25, 0.3) is 0 Å². The molecule has 3 aliphatic carbocycles. The van der Waals surface area contributed by atoms with Crippen LogP contribution >= 0.6 is 0 Å². The normalized spacial score (nSPS) is 35.0. The third kappa shape index (κ3) is 0.984. The molecule has 2 nitrogen and oxygen atoms in total. The highest BCUT2D eigenvalue weighted by Crippen LogP contribution is 2.68. The first-order chi connectivity index (χ1) is 8.74. The lowest BCUT2D eigenvalue weighted by molar-refractivity contribution is -0.137. The molecular weight excluding hydrogens is 224 g/mol. The molecule has 18 heavy (non-hydrogen) atoms. The summed E-state index contributed by atoms with van der Waals surface area (Å²) in [6.07, 6.45) is 1.21. The molecular formula is C16H16O2. The Labute approximate surface area is 107 Å². The molecule has 1 aromatic carbocycles. The van der Waals surface area contributed by atoms with Gasteiger partial charge in [-0.15, -0.1) is 0 Å². The molecule has 4 unspecified atom stereocenters.